The number of nitrogens with one attached hydrogen (secondary N) is 1. The number of benzene rings is 1. The molecule has 2 rings (SSSR count). The Kier molecular flexibility index (Phi) is 5.18. The maximum atomic E-state index is 13.1. The summed E-state index contributed by atoms with van der Waals surface area (Å²) in [7, 11) is 0. The van der Waals surface area contributed by atoms with Crippen LogP contribution >= 0.6 is 0 Å². The largest absolute Gasteiger partial charge is 0.310 e. The van der Waals surface area contributed by atoms with E-state index in [1.54, 1.807) is 12.1 Å². The molecule has 2 heteroatoms. The van der Waals surface area contributed by atoms with Gasteiger partial charge in [0.1, 0.15) is 5.82 Å². The normalized spacial score (nSPS) is 24.8. The molecule has 1 saturated carbocycles. The lowest BCUT2D eigenvalue weighted by atomic mass is 9.98. The molecule has 1 aliphatic carbocycles. The summed E-state index contributed by atoms with van der Waals surface area (Å²) >= 11 is 0. The van der Waals surface area contributed by atoms with Gasteiger partial charge in [-0.15, -0.1) is 0 Å². The van der Waals surface area contributed by atoms with E-state index in [0.29, 0.717) is 6.04 Å². The molecular formula is C16H24FN. The van der Waals surface area contributed by atoms with Crippen LogP contribution in [0.5, 0.6) is 0 Å². The standard InChI is InChI=1S/C16H24FN/c1-2-13-5-4-8-16(10-9-13)18-12-14-6-3-7-15(17)11-14/h3,6-7,11,13,16,18H,2,4-5,8-10,12H2,1H3. The van der Waals surface area contributed by atoms with Crippen LogP contribution < -0.4 is 5.32 Å². The van der Waals surface area contributed by atoms with Gasteiger partial charge in [0.2, 0.25) is 0 Å². The van der Waals surface area contributed by atoms with E-state index >= 15 is 0 Å². The van der Waals surface area contributed by atoms with E-state index in [2.05, 4.69) is 12.2 Å². The summed E-state index contributed by atoms with van der Waals surface area (Å²) in [4.78, 5) is 0. The van der Waals surface area contributed by atoms with Crippen LogP contribution in [0.1, 0.15) is 51.0 Å². The molecule has 18 heavy (non-hydrogen) atoms. The van der Waals surface area contributed by atoms with E-state index in [9.17, 15) is 4.39 Å². The van der Waals surface area contributed by atoms with Gasteiger partial charge >= 0.3 is 0 Å². The van der Waals surface area contributed by atoms with Crippen molar-refractivity contribution in [3.8, 4) is 0 Å². The van der Waals surface area contributed by atoms with E-state index in [-0.39, 0.29) is 5.82 Å². The molecule has 0 aromatic heterocycles. The quantitative estimate of drug-likeness (QED) is 0.786. The van der Waals surface area contributed by atoms with Gasteiger partial charge in [-0.1, -0.05) is 38.3 Å². The fraction of sp³-hybridized carbons (Fsp3) is 0.625. The highest BCUT2D eigenvalue weighted by Gasteiger charge is 2.17. The van der Waals surface area contributed by atoms with Crippen molar-refractivity contribution < 1.29 is 4.39 Å². The summed E-state index contributed by atoms with van der Waals surface area (Å²) in [6, 6.07) is 7.51. The second-order valence-electron chi connectivity index (χ2n) is 5.49. The number of hydrogen-bond donors (Lipinski definition) is 1. The summed E-state index contributed by atoms with van der Waals surface area (Å²) in [5, 5.41) is 3.58. The highest BCUT2D eigenvalue weighted by molar-refractivity contribution is 5.16. The van der Waals surface area contributed by atoms with Crippen molar-refractivity contribution in [2.75, 3.05) is 0 Å². The van der Waals surface area contributed by atoms with Gasteiger partial charge in [0.25, 0.3) is 0 Å². The first-order valence-electron chi connectivity index (χ1n) is 7.25. The molecule has 0 amide bonds. The predicted octanol–water partition coefficient (Wildman–Crippen LogP) is 4.27. The Morgan fingerprint density at radius 3 is 2.89 bits per heavy atom. The third-order valence-corrected chi connectivity index (χ3v) is 4.15. The smallest absolute Gasteiger partial charge is 0.123 e. The van der Waals surface area contributed by atoms with Gasteiger partial charge in [-0.25, -0.2) is 4.39 Å². The first-order chi connectivity index (χ1) is 8.78. The molecule has 2 atom stereocenters. The van der Waals surface area contributed by atoms with E-state index < -0.39 is 0 Å². The second-order valence-corrected chi connectivity index (χ2v) is 5.49. The van der Waals surface area contributed by atoms with Crippen molar-refractivity contribution in [1.82, 2.24) is 5.32 Å². The zero-order chi connectivity index (χ0) is 12.8. The van der Waals surface area contributed by atoms with Crippen LogP contribution in [0, 0.1) is 11.7 Å². The van der Waals surface area contributed by atoms with Crippen LogP contribution in [0.25, 0.3) is 0 Å². The molecular weight excluding hydrogens is 225 g/mol. The lowest BCUT2D eigenvalue weighted by Gasteiger charge is -2.16. The van der Waals surface area contributed by atoms with Crippen molar-refractivity contribution in [1.29, 1.82) is 0 Å². The van der Waals surface area contributed by atoms with Gasteiger partial charge in [0.05, 0.1) is 0 Å². The van der Waals surface area contributed by atoms with Crippen LogP contribution in [-0.2, 0) is 6.54 Å². The fourth-order valence-electron chi connectivity index (χ4n) is 2.90. The molecule has 0 aliphatic heterocycles. The average Bonchev–Trinajstić information content (AvgIpc) is 2.61. The third kappa shape index (κ3) is 4.09. The zero-order valence-corrected chi connectivity index (χ0v) is 11.3. The maximum Gasteiger partial charge on any atom is 0.123 e. The minimum atomic E-state index is -0.138. The summed E-state index contributed by atoms with van der Waals surface area (Å²) in [5.74, 6) is 0.784. The van der Waals surface area contributed by atoms with Gasteiger partial charge < -0.3 is 5.32 Å². The van der Waals surface area contributed by atoms with Crippen molar-refractivity contribution in [2.45, 2.75) is 58.0 Å². The van der Waals surface area contributed by atoms with Gasteiger partial charge in [-0.05, 0) is 42.9 Å². The molecule has 1 nitrogen and oxygen atoms in total. The van der Waals surface area contributed by atoms with E-state index in [4.69, 9.17) is 0 Å². The Morgan fingerprint density at radius 2 is 2.11 bits per heavy atom. The molecule has 1 aliphatic rings. The third-order valence-electron chi connectivity index (χ3n) is 4.15. The lowest BCUT2D eigenvalue weighted by Crippen LogP contribution is -2.28. The SMILES string of the molecule is CCC1CCCC(NCc2cccc(F)c2)CC1. The Balaban J connectivity index is 1.79. The number of halogens is 1. The van der Waals surface area contributed by atoms with Gasteiger partial charge in [0.15, 0.2) is 0 Å². The predicted molar refractivity (Wildman–Crippen MR) is 73.9 cm³/mol. The van der Waals surface area contributed by atoms with E-state index in [0.717, 1.165) is 18.0 Å². The number of hydrogen-bond acceptors (Lipinski definition) is 1. The van der Waals surface area contributed by atoms with E-state index in [1.807, 2.05) is 6.07 Å². The van der Waals surface area contributed by atoms with Crippen LogP contribution in [0.4, 0.5) is 4.39 Å². The lowest BCUT2D eigenvalue weighted by molar-refractivity contribution is 0.425. The first kappa shape index (κ1) is 13.5. The molecule has 0 spiro atoms. The average molecular weight is 249 g/mol. The Hall–Kier alpha value is -0.890. The van der Waals surface area contributed by atoms with Crippen LogP contribution in [0.3, 0.4) is 0 Å². The summed E-state index contributed by atoms with van der Waals surface area (Å²) in [6.07, 6.45) is 7.92. The van der Waals surface area contributed by atoms with Gasteiger partial charge in [-0.3, -0.25) is 0 Å². The molecule has 0 bridgehead atoms. The van der Waals surface area contributed by atoms with Crippen LogP contribution in [-0.4, -0.2) is 6.04 Å². The topological polar surface area (TPSA) is 12.0 Å². The summed E-state index contributed by atoms with van der Waals surface area (Å²) < 4.78 is 13.1. The Morgan fingerprint density at radius 1 is 1.22 bits per heavy atom. The summed E-state index contributed by atoms with van der Waals surface area (Å²) in [5.41, 5.74) is 1.05. The van der Waals surface area contributed by atoms with Crippen LogP contribution in [0.15, 0.2) is 24.3 Å². The van der Waals surface area contributed by atoms with Crippen molar-refractivity contribution in [3.05, 3.63) is 35.6 Å². The fourth-order valence-corrected chi connectivity index (χ4v) is 2.90. The molecule has 1 aromatic rings. The monoisotopic (exact) mass is 249 g/mol. The summed E-state index contributed by atoms with van der Waals surface area (Å²) in [6.45, 7) is 3.09. The zero-order valence-electron chi connectivity index (χ0n) is 11.3. The number of rotatable bonds is 4. The highest BCUT2D eigenvalue weighted by atomic mass is 19.1. The highest BCUT2D eigenvalue weighted by Crippen LogP contribution is 2.25. The van der Waals surface area contributed by atoms with Crippen molar-refractivity contribution in [2.24, 2.45) is 5.92 Å². The molecule has 0 radical (unpaired) electrons. The van der Waals surface area contributed by atoms with Gasteiger partial charge in [-0.2, -0.15) is 0 Å². The maximum absolute atomic E-state index is 13.1. The van der Waals surface area contributed by atoms with Crippen LogP contribution in [0.2, 0.25) is 0 Å². The molecule has 1 aromatic carbocycles. The molecule has 100 valence electrons. The molecule has 2 unspecified atom stereocenters. The minimum absolute atomic E-state index is 0.138. The molecule has 0 saturated heterocycles. The molecule has 1 fully saturated rings. The second kappa shape index (κ2) is 6.89. The minimum Gasteiger partial charge on any atom is -0.310 e. The van der Waals surface area contributed by atoms with Gasteiger partial charge in [0, 0.05) is 12.6 Å². The Bertz CT molecular complexity index is 364. The van der Waals surface area contributed by atoms with E-state index in [1.165, 1.54) is 44.6 Å². The first-order valence-corrected chi connectivity index (χ1v) is 7.25. The van der Waals surface area contributed by atoms with Crippen molar-refractivity contribution in [3.63, 3.8) is 0 Å². The Labute approximate surface area is 110 Å². The molecule has 0 heterocycles. The molecule has 1 N–H and O–H groups in total. The van der Waals surface area contributed by atoms with Crippen molar-refractivity contribution >= 4 is 0 Å².